The van der Waals surface area contributed by atoms with E-state index in [4.69, 9.17) is 13.9 Å². The minimum absolute atomic E-state index is 0.268. The SMILES string of the molecule is Brc1oc2cc3c(cc2c1-c1ccccc1)OCO3. The van der Waals surface area contributed by atoms with Crippen LogP contribution >= 0.6 is 15.9 Å². The molecule has 1 aliphatic heterocycles. The molecule has 0 spiro atoms. The molecule has 0 fully saturated rings. The first-order valence-corrected chi connectivity index (χ1v) is 6.69. The maximum Gasteiger partial charge on any atom is 0.231 e. The highest BCUT2D eigenvalue weighted by Gasteiger charge is 2.20. The second-order valence-corrected chi connectivity index (χ2v) is 5.04. The van der Waals surface area contributed by atoms with Crippen LogP contribution in [0.4, 0.5) is 0 Å². The lowest BCUT2D eigenvalue weighted by Crippen LogP contribution is -1.92. The van der Waals surface area contributed by atoms with E-state index in [1.54, 1.807) is 0 Å². The van der Waals surface area contributed by atoms with Crippen LogP contribution in [0.2, 0.25) is 0 Å². The van der Waals surface area contributed by atoms with Crippen LogP contribution in [0, 0.1) is 0 Å². The van der Waals surface area contributed by atoms with Gasteiger partial charge in [0.1, 0.15) is 5.58 Å². The summed E-state index contributed by atoms with van der Waals surface area (Å²) < 4.78 is 17.3. The first-order valence-electron chi connectivity index (χ1n) is 5.90. The van der Waals surface area contributed by atoms with Crippen molar-refractivity contribution < 1.29 is 13.9 Å². The van der Waals surface area contributed by atoms with Gasteiger partial charge in [0.05, 0.1) is 0 Å². The fourth-order valence-corrected chi connectivity index (χ4v) is 2.95. The zero-order chi connectivity index (χ0) is 12.8. The Kier molecular flexibility index (Phi) is 2.32. The molecule has 0 aliphatic carbocycles. The Morgan fingerprint density at radius 1 is 0.947 bits per heavy atom. The number of fused-ring (bicyclic) bond motifs is 2. The lowest BCUT2D eigenvalue weighted by atomic mass is 10.0. The lowest BCUT2D eigenvalue weighted by Gasteiger charge is -2.00. The molecule has 0 unspecified atom stereocenters. The van der Waals surface area contributed by atoms with E-state index in [0.29, 0.717) is 0 Å². The number of furan rings is 1. The summed E-state index contributed by atoms with van der Waals surface area (Å²) in [6.45, 7) is 0.268. The van der Waals surface area contributed by atoms with E-state index in [1.807, 2.05) is 30.3 Å². The number of rotatable bonds is 1. The van der Waals surface area contributed by atoms with Crippen molar-refractivity contribution in [1.82, 2.24) is 0 Å². The molecular weight excluding hydrogens is 308 g/mol. The van der Waals surface area contributed by atoms with Gasteiger partial charge >= 0.3 is 0 Å². The molecular formula is C15H9BrO3. The molecule has 4 rings (SSSR count). The molecule has 0 radical (unpaired) electrons. The van der Waals surface area contributed by atoms with E-state index in [2.05, 4.69) is 28.1 Å². The Bertz CT molecular complexity index is 762. The third-order valence-corrected chi connectivity index (χ3v) is 3.76. The topological polar surface area (TPSA) is 31.6 Å². The molecule has 0 bridgehead atoms. The summed E-state index contributed by atoms with van der Waals surface area (Å²) in [4.78, 5) is 0. The third-order valence-electron chi connectivity index (χ3n) is 3.20. The highest BCUT2D eigenvalue weighted by Crippen LogP contribution is 2.44. The number of hydrogen-bond acceptors (Lipinski definition) is 3. The molecule has 1 aromatic heterocycles. The molecule has 3 aromatic rings. The average Bonchev–Trinajstić information content (AvgIpc) is 2.99. The van der Waals surface area contributed by atoms with Gasteiger partial charge in [-0.05, 0) is 27.6 Å². The summed E-state index contributed by atoms with van der Waals surface area (Å²) in [5.41, 5.74) is 2.93. The van der Waals surface area contributed by atoms with Crippen LogP contribution in [0.1, 0.15) is 0 Å². The summed E-state index contributed by atoms with van der Waals surface area (Å²) in [6.07, 6.45) is 0. The molecule has 2 heterocycles. The Morgan fingerprint density at radius 3 is 2.47 bits per heavy atom. The van der Waals surface area contributed by atoms with Gasteiger partial charge in [-0.2, -0.15) is 0 Å². The first kappa shape index (κ1) is 10.9. The Balaban J connectivity index is 2.03. The monoisotopic (exact) mass is 316 g/mol. The van der Waals surface area contributed by atoms with E-state index < -0.39 is 0 Å². The number of halogens is 1. The zero-order valence-corrected chi connectivity index (χ0v) is 11.4. The Morgan fingerprint density at radius 2 is 1.68 bits per heavy atom. The Hall–Kier alpha value is -1.94. The van der Waals surface area contributed by atoms with Crippen molar-refractivity contribution in [2.45, 2.75) is 0 Å². The number of benzene rings is 2. The third kappa shape index (κ3) is 1.64. The maximum atomic E-state index is 5.76. The van der Waals surface area contributed by atoms with Crippen molar-refractivity contribution in [2.24, 2.45) is 0 Å². The van der Waals surface area contributed by atoms with E-state index in [0.717, 1.165) is 38.3 Å². The molecule has 0 saturated heterocycles. The predicted octanol–water partition coefficient (Wildman–Crippen LogP) is 4.59. The minimum atomic E-state index is 0.268. The van der Waals surface area contributed by atoms with Crippen molar-refractivity contribution in [3.63, 3.8) is 0 Å². The van der Waals surface area contributed by atoms with Gasteiger partial charge in [0.2, 0.25) is 6.79 Å². The molecule has 2 aromatic carbocycles. The van der Waals surface area contributed by atoms with Gasteiger partial charge in [-0.25, -0.2) is 0 Å². The summed E-state index contributed by atoms with van der Waals surface area (Å²) in [6, 6.07) is 14.0. The van der Waals surface area contributed by atoms with Gasteiger partial charge in [-0.3, -0.25) is 0 Å². The fraction of sp³-hybridized carbons (Fsp3) is 0.0667. The van der Waals surface area contributed by atoms with Crippen LogP contribution in [0.25, 0.3) is 22.1 Å². The van der Waals surface area contributed by atoms with Crippen LogP contribution < -0.4 is 9.47 Å². The fourth-order valence-electron chi connectivity index (χ4n) is 2.33. The largest absolute Gasteiger partial charge is 0.454 e. The molecule has 4 heteroatoms. The lowest BCUT2D eigenvalue weighted by molar-refractivity contribution is 0.174. The van der Waals surface area contributed by atoms with Crippen LogP contribution in [-0.4, -0.2) is 6.79 Å². The molecule has 0 N–H and O–H groups in total. The van der Waals surface area contributed by atoms with Gasteiger partial charge in [-0.15, -0.1) is 0 Å². The highest BCUT2D eigenvalue weighted by atomic mass is 79.9. The van der Waals surface area contributed by atoms with Crippen molar-refractivity contribution in [2.75, 3.05) is 6.79 Å². The standard InChI is InChI=1S/C15H9BrO3/c16-15-14(9-4-2-1-3-5-9)10-6-12-13(18-8-17-12)7-11(10)19-15/h1-7H,8H2. The normalized spacial score (nSPS) is 13.1. The molecule has 0 amide bonds. The molecule has 0 saturated carbocycles. The molecule has 0 atom stereocenters. The van der Waals surface area contributed by atoms with Crippen molar-refractivity contribution >= 4 is 26.9 Å². The zero-order valence-electron chi connectivity index (χ0n) is 9.85. The Labute approximate surface area is 117 Å². The van der Waals surface area contributed by atoms with Gasteiger partial charge in [0.15, 0.2) is 16.2 Å². The summed E-state index contributed by atoms with van der Waals surface area (Å²) >= 11 is 3.49. The van der Waals surface area contributed by atoms with Gasteiger partial charge in [-0.1, -0.05) is 30.3 Å². The minimum Gasteiger partial charge on any atom is -0.454 e. The number of hydrogen-bond donors (Lipinski definition) is 0. The van der Waals surface area contributed by atoms with Crippen LogP contribution in [-0.2, 0) is 0 Å². The smallest absolute Gasteiger partial charge is 0.231 e. The van der Waals surface area contributed by atoms with Gasteiger partial charge < -0.3 is 13.9 Å². The first-order chi connectivity index (χ1) is 9.33. The molecule has 19 heavy (non-hydrogen) atoms. The van der Waals surface area contributed by atoms with Crippen molar-refractivity contribution in [1.29, 1.82) is 0 Å². The summed E-state index contributed by atoms with van der Waals surface area (Å²) in [5.74, 6) is 1.49. The van der Waals surface area contributed by atoms with Crippen LogP contribution in [0.15, 0.2) is 51.6 Å². The molecule has 1 aliphatic rings. The average molecular weight is 317 g/mol. The quantitative estimate of drug-likeness (QED) is 0.658. The van der Waals surface area contributed by atoms with Crippen molar-refractivity contribution in [3.8, 4) is 22.6 Å². The maximum absolute atomic E-state index is 5.76. The predicted molar refractivity (Wildman–Crippen MR) is 75.5 cm³/mol. The summed E-state index contributed by atoms with van der Waals surface area (Å²) in [5, 5.41) is 1.02. The van der Waals surface area contributed by atoms with Crippen molar-refractivity contribution in [3.05, 3.63) is 47.1 Å². The number of ether oxygens (including phenoxy) is 2. The highest BCUT2D eigenvalue weighted by molar-refractivity contribution is 9.10. The molecule has 3 nitrogen and oxygen atoms in total. The van der Waals surface area contributed by atoms with E-state index >= 15 is 0 Å². The van der Waals surface area contributed by atoms with Crippen LogP contribution in [0.3, 0.4) is 0 Å². The van der Waals surface area contributed by atoms with Crippen LogP contribution in [0.5, 0.6) is 11.5 Å². The van der Waals surface area contributed by atoms with Gasteiger partial charge in [0, 0.05) is 17.0 Å². The van der Waals surface area contributed by atoms with Gasteiger partial charge in [0.25, 0.3) is 0 Å². The van der Waals surface area contributed by atoms with E-state index in [-0.39, 0.29) is 6.79 Å². The second kappa shape index (κ2) is 4.03. The van der Waals surface area contributed by atoms with E-state index in [9.17, 15) is 0 Å². The second-order valence-electron chi connectivity index (χ2n) is 4.32. The van der Waals surface area contributed by atoms with E-state index in [1.165, 1.54) is 0 Å². The summed E-state index contributed by atoms with van der Waals surface area (Å²) in [7, 11) is 0. The molecule has 94 valence electrons.